The van der Waals surface area contributed by atoms with Crippen molar-refractivity contribution in [2.75, 3.05) is 20.3 Å². The van der Waals surface area contributed by atoms with E-state index in [9.17, 15) is 14.4 Å². The quantitative estimate of drug-likeness (QED) is 0.344. The summed E-state index contributed by atoms with van der Waals surface area (Å²) in [7, 11) is 1.57. The molecule has 0 fully saturated rings. The molecule has 0 unspecified atom stereocenters. The topological polar surface area (TPSA) is 90.9 Å². The molecule has 38 heavy (non-hydrogen) atoms. The summed E-state index contributed by atoms with van der Waals surface area (Å²) in [6.45, 7) is 5.45. The van der Waals surface area contributed by atoms with Gasteiger partial charge in [-0.1, -0.05) is 41.4 Å². The minimum Gasteiger partial charge on any atom is -0.497 e. The number of carbonyl (C=O) groups is 3. The zero-order valence-electron chi connectivity index (χ0n) is 21.6. The molecule has 0 spiro atoms. The van der Waals surface area contributed by atoms with Crippen LogP contribution >= 0.6 is 23.2 Å². The van der Waals surface area contributed by atoms with E-state index in [-0.39, 0.29) is 18.8 Å². The Hall–Kier alpha value is -3.29. The number of esters is 2. The molecule has 0 radical (unpaired) electrons. The number of ketones is 1. The number of nitrogens with one attached hydrogen (secondary N) is 1. The van der Waals surface area contributed by atoms with Gasteiger partial charge >= 0.3 is 11.9 Å². The minimum absolute atomic E-state index is 0.127. The first kappa shape index (κ1) is 27.7. The molecule has 9 heteroatoms. The fourth-order valence-corrected chi connectivity index (χ4v) is 5.74. The lowest BCUT2D eigenvalue weighted by Crippen LogP contribution is -2.43. The number of allylic oxidation sites excluding steroid dienone is 3. The van der Waals surface area contributed by atoms with E-state index in [4.69, 9.17) is 37.4 Å². The van der Waals surface area contributed by atoms with Gasteiger partial charge in [0.1, 0.15) is 11.7 Å². The van der Waals surface area contributed by atoms with E-state index >= 15 is 0 Å². The van der Waals surface area contributed by atoms with Gasteiger partial charge in [-0.2, -0.15) is 0 Å². The summed E-state index contributed by atoms with van der Waals surface area (Å²) in [6.07, 6.45) is 0.339. The van der Waals surface area contributed by atoms with Gasteiger partial charge in [0.2, 0.25) is 0 Å². The first-order valence-electron chi connectivity index (χ1n) is 12.4. The van der Waals surface area contributed by atoms with Crippen LogP contribution in [0.3, 0.4) is 0 Å². The van der Waals surface area contributed by atoms with E-state index in [0.29, 0.717) is 44.7 Å². The first-order chi connectivity index (χ1) is 18.2. The molecule has 0 saturated heterocycles. The number of Topliss-reactive ketones (excluding diaryl/α,β-unsaturated/α-hetero) is 1. The Bertz CT molecular complexity index is 1330. The monoisotopic (exact) mass is 557 g/mol. The average molecular weight is 558 g/mol. The largest absolute Gasteiger partial charge is 0.497 e. The van der Waals surface area contributed by atoms with Crippen LogP contribution < -0.4 is 10.1 Å². The van der Waals surface area contributed by atoms with Crippen molar-refractivity contribution < 1.29 is 28.6 Å². The van der Waals surface area contributed by atoms with Crippen LogP contribution in [0.4, 0.5) is 0 Å². The van der Waals surface area contributed by atoms with Crippen LogP contribution in [0.1, 0.15) is 50.2 Å². The molecule has 200 valence electrons. The molecule has 2 aliphatic rings. The molecule has 0 amide bonds. The van der Waals surface area contributed by atoms with E-state index in [1.54, 1.807) is 58.2 Å². The number of halogens is 2. The molecular weight excluding hydrogens is 529 g/mol. The molecule has 1 aliphatic carbocycles. The number of dihydropyridines is 1. The summed E-state index contributed by atoms with van der Waals surface area (Å²) in [5, 5.41) is 3.99. The van der Waals surface area contributed by atoms with E-state index in [0.717, 1.165) is 5.56 Å². The Kier molecular flexibility index (Phi) is 8.48. The smallest absolute Gasteiger partial charge is 0.336 e. The maximum atomic E-state index is 14.3. The standard InChI is InChI=1S/C29H29Cl2NO6/c1-5-37-28(34)23-15(3)32-22-14-20(16-7-10-18(36-4)11-8-16)25(29(35)38-6-2)27(33)26(22)24(23)19-12-9-17(30)13-21(19)31/h7-13,20,24-25,32H,5-6,14H2,1-4H3/t20-,24+,25-/m1/s1. The third kappa shape index (κ3) is 5.18. The highest BCUT2D eigenvalue weighted by Gasteiger charge is 2.49. The Labute approximate surface area is 231 Å². The van der Waals surface area contributed by atoms with Crippen LogP contribution in [0.15, 0.2) is 65.0 Å². The van der Waals surface area contributed by atoms with E-state index in [2.05, 4.69) is 5.32 Å². The summed E-state index contributed by atoms with van der Waals surface area (Å²) >= 11 is 12.8. The molecule has 2 aromatic rings. The lowest BCUT2D eigenvalue weighted by molar-refractivity contribution is -0.152. The minimum atomic E-state index is -1.11. The van der Waals surface area contributed by atoms with Gasteiger partial charge in [-0.15, -0.1) is 0 Å². The lowest BCUT2D eigenvalue weighted by atomic mass is 9.67. The highest BCUT2D eigenvalue weighted by atomic mass is 35.5. The van der Waals surface area contributed by atoms with Crippen molar-refractivity contribution in [3.05, 3.63) is 86.2 Å². The van der Waals surface area contributed by atoms with Crippen molar-refractivity contribution in [2.24, 2.45) is 5.92 Å². The Balaban J connectivity index is 1.91. The fourth-order valence-electron chi connectivity index (χ4n) is 5.23. The summed E-state index contributed by atoms with van der Waals surface area (Å²) in [6, 6.07) is 12.2. The van der Waals surface area contributed by atoms with E-state index < -0.39 is 35.5 Å². The molecule has 0 aromatic heterocycles. The van der Waals surface area contributed by atoms with Crippen LogP contribution in [0.2, 0.25) is 10.0 Å². The van der Waals surface area contributed by atoms with Crippen molar-refractivity contribution in [3.63, 3.8) is 0 Å². The van der Waals surface area contributed by atoms with Gasteiger partial charge in [-0.25, -0.2) is 4.79 Å². The molecule has 4 rings (SSSR count). The predicted molar refractivity (Wildman–Crippen MR) is 144 cm³/mol. The molecule has 0 bridgehead atoms. The van der Waals surface area contributed by atoms with Gasteiger partial charge < -0.3 is 19.5 Å². The fraction of sp³-hybridized carbons (Fsp3) is 0.345. The third-order valence-electron chi connectivity index (χ3n) is 6.87. The first-order valence-corrected chi connectivity index (χ1v) is 13.1. The summed E-state index contributed by atoms with van der Waals surface area (Å²) < 4.78 is 16.0. The van der Waals surface area contributed by atoms with Crippen molar-refractivity contribution in [3.8, 4) is 5.75 Å². The zero-order chi connectivity index (χ0) is 27.6. The van der Waals surface area contributed by atoms with Gasteiger partial charge in [0, 0.05) is 38.8 Å². The number of carbonyl (C=O) groups excluding carboxylic acids is 3. The van der Waals surface area contributed by atoms with Gasteiger partial charge in [-0.3, -0.25) is 9.59 Å². The molecular formula is C29H29Cl2NO6. The zero-order valence-corrected chi connectivity index (χ0v) is 23.1. The average Bonchev–Trinajstić information content (AvgIpc) is 2.88. The Morgan fingerprint density at radius 2 is 1.71 bits per heavy atom. The Morgan fingerprint density at radius 1 is 1.03 bits per heavy atom. The lowest BCUT2D eigenvalue weighted by Gasteiger charge is -2.39. The predicted octanol–water partition coefficient (Wildman–Crippen LogP) is 5.72. The van der Waals surface area contributed by atoms with Crippen molar-refractivity contribution in [1.29, 1.82) is 0 Å². The maximum absolute atomic E-state index is 14.3. The summed E-state index contributed by atoms with van der Waals surface area (Å²) in [4.78, 5) is 40.8. The second-order valence-corrected chi connectivity index (χ2v) is 9.90. The number of hydrogen-bond acceptors (Lipinski definition) is 7. The normalized spacial score (nSPS) is 21.0. The van der Waals surface area contributed by atoms with Crippen LogP contribution in [0, 0.1) is 5.92 Å². The highest BCUT2D eigenvalue weighted by Crippen LogP contribution is 2.49. The van der Waals surface area contributed by atoms with Crippen molar-refractivity contribution in [1.82, 2.24) is 5.32 Å². The molecule has 3 atom stereocenters. The van der Waals surface area contributed by atoms with Crippen molar-refractivity contribution >= 4 is 40.9 Å². The molecule has 0 saturated carbocycles. The van der Waals surface area contributed by atoms with Crippen LogP contribution in [0.25, 0.3) is 0 Å². The van der Waals surface area contributed by atoms with E-state index in [1.807, 2.05) is 12.1 Å². The summed E-state index contributed by atoms with van der Waals surface area (Å²) in [5.74, 6) is -3.40. The van der Waals surface area contributed by atoms with E-state index in [1.165, 1.54) is 0 Å². The molecule has 2 aromatic carbocycles. The van der Waals surface area contributed by atoms with Gasteiger partial charge in [0.15, 0.2) is 5.78 Å². The SMILES string of the molecule is CCOC(=O)C1=C(C)NC2=C(C(=O)[C@H](C(=O)OCC)[C@@H](c3ccc(OC)cc3)C2)[C@H]1c1ccc(Cl)cc1Cl. The second-order valence-electron chi connectivity index (χ2n) is 9.05. The molecule has 1 heterocycles. The number of methoxy groups -OCH3 is 1. The van der Waals surface area contributed by atoms with Crippen LogP contribution in [0.5, 0.6) is 5.75 Å². The van der Waals surface area contributed by atoms with Gasteiger partial charge in [0.05, 0.1) is 25.9 Å². The van der Waals surface area contributed by atoms with Crippen LogP contribution in [-0.2, 0) is 23.9 Å². The third-order valence-corrected chi connectivity index (χ3v) is 7.43. The Morgan fingerprint density at radius 3 is 2.32 bits per heavy atom. The number of benzene rings is 2. The maximum Gasteiger partial charge on any atom is 0.336 e. The molecule has 1 aliphatic heterocycles. The van der Waals surface area contributed by atoms with Gasteiger partial charge in [0.25, 0.3) is 0 Å². The van der Waals surface area contributed by atoms with Crippen LogP contribution in [-0.4, -0.2) is 38.0 Å². The number of rotatable bonds is 7. The number of ether oxygens (including phenoxy) is 3. The van der Waals surface area contributed by atoms with Crippen molar-refractivity contribution in [2.45, 2.75) is 39.0 Å². The molecule has 7 nitrogen and oxygen atoms in total. The van der Waals surface area contributed by atoms with Gasteiger partial charge in [-0.05, 0) is 62.6 Å². The second kappa shape index (κ2) is 11.6. The number of hydrogen-bond donors (Lipinski definition) is 1. The summed E-state index contributed by atoms with van der Waals surface area (Å²) in [5.41, 5.74) is 3.04. The molecule has 1 N–H and O–H groups in total. The highest BCUT2D eigenvalue weighted by molar-refractivity contribution is 6.35.